The number of ether oxygens (including phenoxy) is 2. The number of hydrogen-bond acceptors (Lipinski definition) is 5. The number of azo groups is 1. The van der Waals surface area contributed by atoms with Gasteiger partial charge in [-0.3, -0.25) is 0 Å². The van der Waals surface area contributed by atoms with Crippen molar-refractivity contribution in [1.82, 2.24) is 0 Å². The van der Waals surface area contributed by atoms with Crippen molar-refractivity contribution >= 4 is 17.3 Å². The van der Waals surface area contributed by atoms with E-state index in [1.165, 1.54) is 18.4 Å². The Hall–Kier alpha value is -2.95. The van der Waals surface area contributed by atoms with E-state index in [1.807, 2.05) is 36.4 Å². The van der Waals surface area contributed by atoms with E-state index >= 15 is 0 Å². The van der Waals surface area contributed by atoms with E-state index < -0.39 is 5.97 Å². The zero-order valence-corrected chi connectivity index (χ0v) is 16.5. The molecule has 0 radical (unpaired) electrons. The van der Waals surface area contributed by atoms with E-state index in [1.54, 1.807) is 0 Å². The molecule has 28 heavy (non-hydrogen) atoms. The molecule has 2 aromatic rings. The van der Waals surface area contributed by atoms with Crippen LogP contribution in [0, 0.1) is 0 Å². The topological polar surface area (TPSA) is 60.2 Å². The molecule has 148 valence electrons. The van der Waals surface area contributed by atoms with Crippen molar-refractivity contribution in [3.05, 3.63) is 66.7 Å². The highest BCUT2D eigenvalue weighted by atomic mass is 16.5. The fourth-order valence-electron chi connectivity index (χ4n) is 2.46. The quantitative estimate of drug-likeness (QED) is 0.187. The number of esters is 1. The summed E-state index contributed by atoms with van der Waals surface area (Å²) >= 11 is 0. The number of unbranched alkanes of at least 4 members (excludes halogenated alkanes) is 2. The lowest BCUT2D eigenvalue weighted by Crippen LogP contribution is -2.04. The van der Waals surface area contributed by atoms with Crippen LogP contribution in [0.3, 0.4) is 0 Å². The molecule has 0 unspecified atom stereocenters. The third kappa shape index (κ3) is 8.16. The van der Waals surface area contributed by atoms with Gasteiger partial charge in [0.25, 0.3) is 0 Å². The number of hydrogen-bond donors (Lipinski definition) is 0. The lowest BCUT2D eigenvalue weighted by Gasteiger charge is -2.06. The molecule has 0 aromatic heterocycles. The van der Waals surface area contributed by atoms with E-state index in [4.69, 9.17) is 9.47 Å². The number of aryl methyl sites for hydroxylation is 1. The summed E-state index contributed by atoms with van der Waals surface area (Å²) in [7, 11) is 0. The summed E-state index contributed by atoms with van der Waals surface area (Å²) in [6.45, 7) is 6.50. The molecule has 0 atom stereocenters. The molecule has 0 aliphatic carbocycles. The Balaban J connectivity index is 1.72. The van der Waals surface area contributed by atoms with Crippen LogP contribution in [0.4, 0.5) is 11.4 Å². The highest BCUT2D eigenvalue weighted by Crippen LogP contribution is 2.22. The molecule has 0 heterocycles. The second kappa shape index (κ2) is 12.4. The SMILES string of the molecule is C=CC(=O)OCCCCOc1ccc(N=Nc2ccc(CCCC)cc2)cc1. The van der Waals surface area contributed by atoms with Crippen LogP contribution >= 0.6 is 0 Å². The first kappa shape index (κ1) is 21.4. The minimum absolute atomic E-state index is 0.382. The molecule has 5 heteroatoms. The number of carbonyl (C=O) groups is 1. The fraction of sp³-hybridized carbons (Fsp3) is 0.348. The van der Waals surface area contributed by atoms with E-state index in [2.05, 4.69) is 35.9 Å². The van der Waals surface area contributed by atoms with Gasteiger partial charge in [0.1, 0.15) is 5.75 Å². The first-order valence-corrected chi connectivity index (χ1v) is 9.74. The number of benzene rings is 2. The van der Waals surface area contributed by atoms with Crippen molar-refractivity contribution in [1.29, 1.82) is 0 Å². The van der Waals surface area contributed by atoms with Crippen LogP contribution in [0.5, 0.6) is 5.75 Å². The van der Waals surface area contributed by atoms with Crippen molar-refractivity contribution in [3.63, 3.8) is 0 Å². The Morgan fingerprint density at radius 1 is 0.929 bits per heavy atom. The minimum Gasteiger partial charge on any atom is -0.494 e. The van der Waals surface area contributed by atoms with Gasteiger partial charge < -0.3 is 9.47 Å². The summed E-state index contributed by atoms with van der Waals surface area (Å²) in [4.78, 5) is 10.9. The molecule has 0 aliphatic heterocycles. The summed E-state index contributed by atoms with van der Waals surface area (Å²) < 4.78 is 10.6. The van der Waals surface area contributed by atoms with Crippen LogP contribution in [-0.4, -0.2) is 19.2 Å². The van der Waals surface area contributed by atoms with E-state index in [0.29, 0.717) is 13.2 Å². The average Bonchev–Trinajstić information content (AvgIpc) is 2.74. The van der Waals surface area contributed by atoms with Gasteiger partial charge in [-0.15, -0.1) is 0 Å². The van der Waals surface area contributed by atoms with Gasteiger partial charge in [-0.1, -0.05) is 32.1 Å². The largest absolute Gasteiger partial charge is 0.494 e. The predicted octanol–water partition coefficient (Wildman–Crippen LogP) is 6.33. The smallest absolute Gasteiger partial charge is 0.330 e. The zero-order chi connectivity index (χ0) is 20.0. The molecular weight excluding hydrogens is 352 g/mol. The number of rotatable bonds is 12. The molecule has 0 amide bonds. The van der Waals surface area contributed by atoms with Gasteiger partial charge in [0.2, 0.25) is 0 Å². The Kier molecular flexibility index (Phi) is 9.49. The van der Waals surface area contributed by atoms with Crippen molar-refractivity contribution in [2.45, 2.75) is 39.0 Å². The Bertz CT molecular complexity index is 752. The molecule has 0 bridgehead atoms. The molecule has 0 aliphatic rings. The van der Waals surface area contributed by atoms with Crippen LogP contribution in [0.25, 0.3) is 0 Å². The van der Waals surface area contributed by atoms with Crippen molar-refractivity contribution < 1.29 is 14.3 Å². The molecular formula is C23H28N2O3. The third-order valence-corrected chi connectivity index (χ3v) is 4.09. The Morgan fingerprint density at radius 3 is 2.14 bits per heavy atom. The number of nitrogens with zero attached hydrogens (tertiary/aromatic N) is 2. The maximum atomic E-state index is 10.9. The second-order valence-electron chi connectivity index (χ2n) is 6.39. The maximum absolute atomic E-state index is 10.9. The summed E-state index contributed by atoms with van der Waals surface area (Å²) in [5.41, 5.74) is 2.96. The van der Waals surface area contributed by atoms with Crippen LogP contribution < -0.4 is 4.74 Å². The highest BCUT2D eigenvalue weighted by molar-refractivity contribution is 5.81. The fourth-order valence-corrected chi connectivity index (χ4v) is 2.46. The second-order valence-corrected chi connectivity index (χ2v) is 6.39. The van der Waals surface area contributed by atoms with Gasteiger partial charge in [-0.2, -0.15) is 10.2 Å². The summed E-state index contributed by atoms with van der Waals surface area (Å²) in [6, 6.07) is 15.7. The summed E-state index contributed by atoms with van der Waals surface area (Å²) in [5, 5.41) is 8.55. The van der Waals surface area contributed by atoms with Gasteiger partial charge in [-0.05, 0) is 67.6 Å². The standard InChI is InChI=1S/C23H28N2O3/c1-3-5-8-19-9-11-20(12-10-19)24-25-21-13-15-22(16-14-21)27-17-6-7-18-28-23(26)4-2/h4,9-16H,2-3,5-8,17-18H2,1H3. The third-order valence-electron chi connectivity index (χ3n) is 4.09. The van der Waals surface area contributed by atoms with Crippen LogP contribution in [0.2, 0.25) is 0 Å². The van der Waals surface area contributed by atoms with Crippen molar-refractivity contribution in [2.75, 3.05) is 13.2 Å². The monoisotopic (exact) mass is 380 g/mol. The molecule has 0 fully saturated rings. The molecule has 0 N–H and O–H groups in total. The lowest BCUT2D eigenvalue weighted by atomic mass is 10.1. The minimum atomic E-state index is -0.391. The van der Waals surface area contributed by atoms with Gasteiger partial charge >= 0.3 is 5.97 Å². The van der Waals surface area contributed by atoms with Gasteiger partial charge in [0.05, 0.1) is 24.6 Å². The zero-order valence-electron chi connectivity index (χ0n) is 16.5. The average molecular weight is 380 g/mol. The van der Waals surface area contributed by atoms with Crippen molar-refractivity contribution in [2.24, 2.45) is 10.2 Å². The molecule has 0 saturated heterocycles. The Morgan fingerprint density at radius 2 is 1.54 bits per heavy atom. The van der Waals surface area contributed by atoms with Crippen LogP contribution in [0.1, 0.15) is 38.2 Å². The molecule has 2 rings (SSSR count). The van der Waals surface area contributed by atoms with Crippen LogP contribution in [-0.2, 0) is 16.0 Å². The molecule has 2 aromatic carbocycles. The summed E-state index contributed by atoms with van der Waals surface area (Å²) in [5.74, 6) is 0.389. The van der Waals surface area contributed by atoms with Gasteiger partial charge in [0, 0.05) is 6.08 Å². The predicted molar refractivity (Wildman–Crippen MR) is 112 cm³/mol. The van der Waals surface area contributed by atoms with E-state index in [9.17, 15) is 4.79 Å². The first-order chi connectivity index (χ1) is 13.7. The first-order valence-electron chi connectivity index (χ1n) is 9.74. The van der Waals surface area contributed by atoms with E-state index in [-0.39, 0.29) is 0 Å². The molecule has 5 nitrogen and oxygen atoms in total. The summed E-state index contributed by atoms with van der Waals surface area (Å²) in [6.07, 6.45) is 6.24. The van der Waals surface area contributed by atoms with Gasteiger partial charge in [0.15, 0.2) is 0 Å². The lowest BCUT2D eigenvalue weighted by molar-refractivity contribution is -0.137. The molecule has 0 spiro atoms. The van der Waals surface area contributed by atoms with Crippen molar-refractivity contribution in [3.8, 4) is 5.75 Å². The maximum Gasteiger partial charge on any atom is 0.330 e. The number of carbonyl (C=O) groups excluding carboxylic acids is 1. The van der Waals surface area contributed by atoms with Gasteiger partial charge in [-0.25, -0.2) is 4.79 Å². The Labute approximate surface area is 167 Å². The highest BCUT2D eigenvalue weighted by Gasteiger charge is 1.98. The van der Waals surface area contributed by atoms with E-state index in [0.717, 1.165) is 42.5 Å². The normalized spacial score (nSPS) is 10.8. The van der Waals surface area contributed by atoms with Crippen LogP contribution in [0.15, 0.2) is 71.4 Å². The molecule has 0 saturated carbocycles.